The number of likely N-dealkylation sites (tertiary alicyclic amines) is 1. The van der Waals surface area contributed by atoms with Gasteiger partial charge < -0.3 is 19.6 Å². The Morgan fingerprint density at radius 3 is 2.71 bits per heavy atom. The normalized spacial score (nSPS) is 29.1. The quantitative estimate of drug-likeness (QED) is 0.319. The van der Waals surface area contributed by atoms with E-state index in [-0.39, 0.29) is 42.7 Å². The largest absolute Gasteiger partial charge is 0.461 e. The molecule has 2 amide bonds. The summed E-state index contributed by atoms with van der Waals surface area (Å²) < 4.78 is 4.64. The molecule has 38 heavy (non-hydrogen) atoms. The van der Waals surface area contributed by atoms with E-state index in [1.165, 1.54) is 6.08 Å². The number of hydrogen-bond donors (Lipinski definition) is 1. The number of amides is 2. The molecule has 206 valence electrons. The molecule has 0 radical (unpaired) electrons. The Balaban J connectivity index is 1.86. The molecule has 7 nitrogen and oxygen atoms in total. The maximum absolute atomic E-state index is 14.7. The lowest BCUT2D eigenvalue weighted by Crippen LogP contribution is -2.59. The highest BCUT2D eigenvalue weighted by Gasteiger charge is 2.75. The third-order valence-electron chi connectivity index (χ3n) is 8.47. The Bertz CT molecular complexity index is 1110. The standard InChI is InChI=1S/C29H37ClN2O5S/c1-6-14-31(24-18(5)10-9-11-19(24)30)27(35)25-29-13-12-21(38-29)22(28(36)37-15-7-2)23(29)26(34)32(25)20(16-33)17(4)8-3/h6-7,9-11,17,20-23,25,33H,1-2,8,12-16H2,3-5H3/t17-,20-,21-,22+,23-,25?,29?/m0/s1. The first-order valence-corrected chi connectivity index (χ1v) is 14.5. The predicted molar refractivity (Wildman–Crippen MR) is 151 cm³/mol. The molecule has 1 aromatic carbocycles. The summed E-state index contributed by atoms with van der Waals surface area (Å²) in [6, 6.07) is 4.03. The Kier molecular flexibility index (Phi) is 8.65. The van der Waals surface area contributed by atoms with Crippen molar-refractivity contribution in [1.29, 1.82) is 0 Å². The molecule has 0 aromatic heterocycles. The van der Waals surface area contributed by atoms with Crippen LogP contribution >= 0.6 is 23.4 Å². The number of aryl methyl sites for hydroxylation is 1. The number of benzene rings is 1. The fourth-order valence-corrected chi connectivity index (χ4v) is 9.09. The number of anilines is 1. The zero-order valence-electron chi connectivity index (χ0n) is 22.3. The molecule has 2 unspecified atom stereocenters. The van der Waals surface area contributed by atoms with E-state index in [1.807, 2.05) is 32.9 Å². The van der Waals surface area contributed by atoms with Crippen molar-refractivity contribution in [2.45, 2.75) is 62.1 Å². The highest BCUT2D eigenvalue weighted by Crippen LogP contribution is 2.67. The van der Waals surface area contributed by atoms with Crippen molar-refractivity contribution in [3.05, 3.63) is 54.1 Å². The Hall–Kier alpha value is -2.29. The molecule has 3 saturated heterocycles. The van der Waals surface area contributed by atoms with Crippen LogP contribution in [0.15, 0.2) is 43.5 Å². The molecule has 9 heteroatoms. The number of carbonyl (C=O) groups excluding carboxylic acids is 3. The first-order valence-electron chi connectivity index (χ1n) is 13.2. The van der Waals surface area contributed by atoms with Gasteiger partial charge in [-0.05, 0) is 37.3 Å². The topological polar surface area (TPSA) is 87.2 Å². The number of thioether (sulfide) groups is 1. The van der Waals surface area contributed by atoms with Crippen molar-refractivity contribution >= 4 is 46.8 Å². The maximum Gasteiger partial charge on any atom is 0.311 e. The van der Waals surface area contributed by atoms with E-state index in [0.717, 1.165) is 5.56 Å². The lowest BCUT2D eigenvalue weighted by Gasteiger charge is -2.41. The number of aliphatic hydroxyl groups is 1. The van der Waals surface area contributed by atoms with Crippen LogP contribution in [-0.4, -0.2) is 69.6 Å². The van der Waals surface area contributed by atoms with Crippen LogP contribution in [0.4, 0.5) is 5.69 Å². The number of carbonyl (C=O) groups is 3. The Morgan fingerprint density at radius 2 is 2.11 bits per heavy atom. The average Bonchev–Trinajstić information content (AvgIpc) is 3.54. The van der Waals surface area contributed by atoms with Gasteiger partial charge in [-0.1, -0.05) is 62.7 Å². The molecule has 4 rings (SSSR count). The third kappa shape index (κ3) is 4.48. The molecule has 3 aliphatic rings. The van der Waals surface area contributed by atoms with Crippen LogP contribution in [0.3, 0.4) is 0 Å². The second-order valence-corrected chi connectivity index (χ2v) is 12.5. The molecular formula is C29H37ClN2O5S. The van der Waals surface area contributed by atoms with Crippen molar-refractivity contribution < 1.29 is 24.2 Å². The molecule has 3 aliphatic heterocycles. The van der Waals surface area contributed by atoms with Crippen molar-refractivity contribution in [2.75, 3.05) is 24.7 Å². The zero-order chi connectivity index (χ0) is 27.8. The summed E-state index contributed by atoms with van der Waals surface area (Å²) in [5.41, 5.74) is 1.41. The number of nitrogens with zero attached hydrogens (tertiary/aromatic N) is 2. The molecule has 1 N–H and O–H groups in total. The first-order chi connectivity index (χ1) is 18.2. The lowest BCUT2D eigenvalue weighted by atomic mass is 9.71. The highest BCUT2D eigenvalue weighted by molar-refractivity contribution is 8.02. The molecule has 3 fully saturated rings. The van der Waals surface area contributed by atoms with Crippen LogP contribution in [0.25, 0.3) is 0 Å². The van der Waals surface area contributed by atoms with Crippen molar-refractivity contribution in [3.63, 3.8) is 0 Å². The van der Waals surface area contributed by atoms with Crippen LogP contribution in [0.1, 0.15) is 38.7 Å². The van der Waals surface area contributed by atoms with Gasteiger partial charge in [-0.2, -0.15) is 0 Å². The summed E-state index contributed by atoms with van der Waals surface area (Å²) in [7, 11) is 0. The number of ether oxygens (including phenoxy) is 1. The van der Waals surface area contributed by atoms with Gasteiger partial charge in [0.15, 0.2) is 0 Å². The van der Waals surface area contributed by atoms with Crippen LogP contribution in [0.5, 0.6) is 0 Å². The Labute approximate surface area is 234 Å². The van der Waals surface area contributed by atoms with Gasteiger partial charge in [0.2, 0.25) is 5.91 Å². The summed E-state index contributed by atoms with van der Waals surface area (Å²) in [6.45, 7) is 13.3. The van der Waals surface area contributed by atoms with Crippen molar-refractivity contribution in [3.8, 4) is 0 Å². The van der Waals surface area contributed by atoms with E-state index in [4.69, 9.17) is 16.3 Å². The van der Waals surface area contributed by atoms with E-state index in [9.17, 15) is 19.5 Å². The monoisotopic (exact) mass is 560 g/mol. The van der Waals surface area contributed by atoms with E-state index < -0.39 is 34.6 Å². The van der Waals surface area contributed by atoms with E-state index in [0.29, 0.717) is 30.0 Å². The molecule has 1 spiro atoms. The lowest BCUT2D eigenvalue weighted by molar-refractivity contribution is -0.153. The van der Waals surface area contributed by atoms with Gasteiger partial charge >= 0.3 is 5.97 Å². The minimum atomic E-state index is -0.867. The summed E-state index contributed by atoms with van der Waals surface area (Å²) in [5, 5.41) is 10.8. The minimum absolute atomic E-state index is 0.0576. The van der Waals surface area contributed by atoms with Gasteiger partial charge in [0.1, 0.15) is 12.6 Å². The predicted octanol–water partition coefficient (Wildman–Crippen LogP) is 4.39. The van der Waals surface area contributed by atoms with Crippen LogP contribution in [0.2, 0.25) is 5.02 Å². The van der Waals surface area contributed by atoms with Gasteiger partial charge in [-0.3, -0.25) is 14.4 Å². The van der Waals surface area contributed by atoms with Gasteiger partial charge in [0, 0.05) is 11.8 Å². The van der Waals surface area contributed by atoms with E-state index >= 15 is 0 Å². The number of para-hydroxylation sites is 1. The fourth-order valence-electron chi connectivity index (χ4n) is 6.58. The van der Waals surface area contributed by atoms with Crippen LogP contribution < -0.4 is 4.90 Å². The highest BCUT2D eigenvalue weighted by atomic mass is 35.5. The average molecular weight is 561 g/mol. The fraction of sp³-hybridized carbons (Fsp3) is 0.552. The molecular weight excluding hydrogens is 524 g/mol. The van der Waals surface area contributed by atoms with Crippen molar-refractivity contribution in [1.82, 2.24) is 4.90 Å². The first kappa shape index (κ1) is 28.7. The Morgan fingerprint density at radius 1 is 1.37 bits per heavy atom. The molecule has 1 aromatic rings. The second-order valence-electron chi connectivity index (χ2n) is 10.5. The van der Waals surface area contributed by atoms with Gasteiger partial charge in [-0.15, -0.1) is 18.3 Å². The number of hydrogen-bond acceptors (Lipinski definition) is 6. The van der Waals surface area contributed by atoms with Gasteiger partial charge in [-0.25, -0.2) is 0 Å². The maximum atomic E-state index is 14.7. The summed E-state index contributed by atoms with van der Waals surface area (Å²) >= 11 is 8.19. The molecule has 3 heterocycles. The van der Waals surface area contributed by atoms with Crippen LogP contribution in [0, 0.1) is 24.7 Å². The van der Waals surface area contributed by atoms with Gasteiger partial charge in [0.25, 0.3) is 5.91 Å². The van der Waals surface area contributed by atoms with Crippen molar-refractivity contribution in [2.24, 2.45) is 17.8 Å². The smallest absolute Gasteiger partial charge is 0.311 e. The third-order valence-corrected chi connectivity index (χ3v) is 10.7. The number of esters is 1. The summed E-state index contributed by atoms with van der Waals surface area (Å²) in [5.74, 6) is -2.36. The summed E-state index contributed by atoms with van der Waals surface area (Å²) in [6.07, 6.45) is 5.20. The zero-order valence-corrected chi connectivity index (χ0v) is 23.8. The van der Waals surface area contributed by atoms with Crippen LogP contribution in [-0.2, 0) is 19.1 Å². The second kappa shape index (κ2) is 11.4. The number of fused-ring (bicyclic) bond motifs is 1. The number of halogens is 1. The minimum Gasteiger partial charge on any atom is -0.461 e. The van der Waals surface area contributed by atoms with E-state index in [2.05, 4.69) is 13.2 Å². The summed E-state index contributed by atoms with van der Waals surface area (Å²) in [4.78, 5) is 45.4. The number of aliphatic hydroxyl groups excluding tert-OH is 1. The molecule has 7 atom stereocenters. The molecule has 0 aliphatic carbocycles. The number of rotatable bonds is 11. The molecule has 0 saturated carbocycles. The molecule has 2 bridgehead atoms. The van der Waals surface area contributed by atoms with Gasteiger partial charge in [0.05, 0.1) is 39.9 Å². The van der Waals surface area contributed by atoms with E-state index in [1.54, 1.807) is 33.7 Å². The SMILES string of the molecule is C=CCOC(=O)[C@@H]1[C@@H]2CCC3(S2)C(C(=O)N(CC=C)c2c(C)cccc2Cl)N([C@@H](CO)[C@@H](C)CC)C(=O)[C@H]13.